The van der Waals surface area contributed by atoms with Crippen LogP contribution >= 0.6 is 0 Å². The Kier molecular flexibility index (Phi) is 6.17. The Morgan fingerprint density at radius 1 is 0.871 bits per heavy atom. The molecule has 3 aromatic rings. The Balaban J connectivity index is 1.29. The van der Waals surface area contributed by atoms with Crippen LogP contribution in [-0.2, 0) is 4.79 Å². The van der Waals surface area contributed by atoms with Crippen molar-refractivity contribution in [1.29, 1.82) is 0 Å². The van der Waals surface area contributed by atoms with Gasteiger partial charge in [0.15, 0.2) is 11.5 Å². The first-order valence-electron chi connectivity index (χ1n) is 10.2. The van der Waals surface area contributed by atoms with Crippen molar-refractivity contribution >= 4 is 11.8 Å². The van der Waals surface area contributed by atoms with Crippen molar-refractivity contribution in [3.63, 3.8) is 0 Å². The van der Waals surface area contributed by atoms with Gasteiger partial charge in [0.25, 0.3) is 5.91 Å². The summed E-state index contributed by atoms with van der Waals surface area (Å²) in [4.78, 5) is 24.7. The minimum absolute atomic E-state index is 0.103. The van der Waals surface area contributed by atoms with Crippen LogP contribution in [-0.4, -0.2) is 31.6 Å². The minimum atomic E-state index is -0.290. The van der Waals surface area contributed by atoms with Gasteiger partial charge in [-0.05, 0) is 47.9 Å². The molecule has 4 rings (SSSR count). The number of fused-ring (bicyclic) bond motifs is 1. The van der Waals surface area contributed by atoms with Crippen molar-refractivity contribution in [3.05, 3.63) is 83.9 Å². The smallest absolute Gasteiger partial charge is 0.251 e. The monoisotopic (exact) mass is 416 g/mol. The van der Waals surface area contributed by atoms with E-state index in [4.69, 9.17) is 9.47 Å². The number of benzene rings is 3. The highest BCUT2D eigenvalue weighted by Gasteiger charge is 2.16. The minimum Gasteiger partial charge on any atom is -0.486 e. The summed E-state index contributed by atoms with van der Waals surface area (Å²) in [5.74, 6) is 0.828. The van der Waals surface area contributed by atoms with Crippen LogP contribution in [0.15, 0.2) is 72.8 Å². The molecule has 0 unspecified atom stereocenters. The van der Waals surface area contributed by atoms with Gasteiger partial charge in [-0.3, -0.25) is 9.59 Å². The van der Waals surface area contributed by atoms with E-state index >= 15 is 0 Å². The molecule has 0 aromatic heterocycles. The van der Waals surface area contributed by atoms with Crippen LogP contribution in [0.1, 0.15) is 28.9 Å². The highest BCUT2D eigenvalue weighted by Crippen LogP contribution is 2.32. The molecule has 6 heteroatoms. The molecule has 0 saturated carbocycles. The Bertz CT molecular complexity index is 1060. The number of hydrogen-bond donors (Lipinski definition) is 2. The zero-order valence-corrected chi connectivity index (χ0v) is 17.3. The van der Waals surface area contributed by atoms with Gasteiger partial charge in [0.2, 0.25) is 5.91 Å². The van der Waals surface area contributed by atoms with Crippen LogP contribution in [0, 0.1) is 0 Å². The van der Waals surface area contributed by atoms with Gasteiger partial charge >= 0.3 is 0 Å². The highest BCUT2D eigenvalue weighted by molar-refractivity contribution is 5.96. The van der Waals surface area contributed by atoms with Crippen molar-refractivity contribution in [2.75, 3.05) is 19.8 Å². The fourth-order valence-electron chi connectivity index (χ4n) is 3.41. The van der Waals surface area contributed by atoms with Crippen LogP contribution in [0.4, 0.5) is 0 Å². The molecule has 2 N–H and O–H groups in total. The standard InChI is InChI=1S/C25H24N2O4/c1-17(21-11-12-22-23(15-21)31-14-13-30-22)27-24(28)16-26-25(29)20-9-7-19(8-10-20)18-5-3-2-4-6-18/h2-12,15,17H,13-14,16H2,1H3,(H,26,29)(H,27,28)/t17-/m0/s1. The Morgan fingerprint density at radius 3 is 2.29 bits per heavy atom. The maximum Gasteiger partial charge on any atom is 0.251 e. The van der Waals surface area contributed by atoms with Gasteiger partial charge in [-0.25, -0.2) is 0 Å². The summed E-state index contributed by atoms with van der Waals surface area (Å²) in [5, 5.41) is 5.56. The lowest BCUT2D eigenvalue weighted by atomic mass is 10.0. The average molecular weight is 416 g/mol. The summed E-state index contributed by atoms with van der Waals surface area (Å²) in [6.45, 7) is 2.82. The SMILES string of the molecule is C[C@H](NC(=O)CNC(=O)c1ccc(-c2ccccc2)cc1)c1ccc2c(c1)OCCO2. The number of amides is 2. The molecule has 0 aliphatic carbocycles. The van der Waals surface area contributed by atoms with E-state index in [0.29, 0.717) is 30.3 Å². The molecule has 1 aliphatic heterocycles. The van der Waals surface area contributed by atoms with Gasteiger partial charge < -0.3 is 20.1 Å². The number of rotatable bonds is 6. The van der Waals surface area contributed by atoms with E-state index in [-0.39, 0.29) is 24.4 Å². The predicted molar refractivity (Wildman–Crippen MR) is 118 cm³/mol. The predicted octanol–water partition coefficient (Wildman–Crippen LogP) is 3.73. The second-order valence-corrected chi connectivity index (χ2v) is 7.32. The maximum atomic E-state index is 12.4. The van der Waals surface area contributed by atoms with Crippen molar-refractivity contribution in [1.82, 2.24) is 10.6 Å². The summed E-state index contributed by atoms with van der Waals surface area (Å²) >= 11 is 0. The molecule has 1 heterocycles. The molecule has 31 heavy (non-hydrogen) atoms. The molecule has 3 aromatic carbocycles. The van der Waals surface area contributed by atoms with Crippen LogP contribution < -0.4 is 20.1 Å². The van der Waals surface area contributed by atoms with Gasteiger partial charge in [-0.15, -0.1) is 0 Å². The molecule has 1 aliphatic rings. The van der Waals surface area contributed by atoms with Gasteiger partial charge in [0.05, 0.1) is 12.6 Å². The normalized spacial score (nSPS) is 13.2. The quantitative estimate of drug-likeness (QED) is 0.642. The third-order valence-corrected chi connectivity index (χ3v) is 5.11. The molecule has 0 radical (unpaired) electrons. The van der Waals surface area contributed by atoms with Crippen LogP contribution in [0.5, 0.6) is 11.5 Å². The molecule has 158 valence electrons. The van der Waals surface area contributed by atoms with Crippen LogP contribution in [0.3, 0.4) is 0 Å². The molecule has 0 spiro atoms. The fraction of sp³-hybridized carbons (Fsp3) is 0.200. The molecule has 0 bridgehead atoms. The lowest BCUT2D eigenvalue weighted by molar-refractivity contribution is -0.120. The van der Waals surface area contributed by atoms with E-state index in [9.17, 15) is 9.59 Å². The molecule has 0 fully saturated rings. The molecule has 2 amide bonds. The number of ether oxygens (including phenoxy) is 2. The molecular formula is C25H24N2O4. The van der Waals surface area contributed by atoms with Gasteiger partial charge in [0, 0.05) is 5.56 Å². The first-order valence-corrected chi connectivity index (χ1v) is 10.2. The van der Waals surface area contributed by atoms with Crippen molar-refractivity contribution < 1.29 is 19.1 Å². The first kappa shape index (κ1) is 20.5. The van der Waals surface area contributed by atoms with E-state index in [1.807, 2.05) is 67.6 Å². The fourth-order valence-corrected chi connectivity index (χ4v) is 3.41. The summed E-state index contributed by atoms with van der Waals surface area (Å²) < 4.78 is 11.1. The number of carbonyl (C=O) groups is 2. The lowest BCUT2D eigenvalue weighted by Gasteiger charge is -2.21. The van der Waals surface area contributed by atoms with E-state index < -0.39 is 0 Å². The van der Waals surface area contributed by atoms with E-state index in [2.05, 4.69) is 10.6 Å². The molecule has 0 saturated heterocycles. The Labute approximate surface area is 181 Å². The highest BCUT2D eigenvalue weighted by atomic mass is 16.6. The number of nitrogens with one attached hydrogen (secondary N) is 2. The van der Waals surface area contributed by atoms with Gasteiger partial charge in [-0.2, -0.15) is 0 Å². The summed E-state index contributed by atoms with van der Waals surface area (Å²) in [7, 11) is 0. The zero-order chi connectivity index (χ0) is 21.6. The van der Waals surface area contributed by atoms with Gasteiger partial charge in [0.1, 0.15) is 13.2 Å². The number of hydrogen-bond acceptors (Lipinski definition) is 4. The molecule has 6 nitrogen and oxygen atoms in total. The Hall–Kier alpha value is -3.80. The Morgan fingerprint density at radius 2 is 1.55 bits per heavy atom. The second kappa shape index (κ2) is 9.34. The van der Waals surface area contributed by atoms with Gasteiger partial charge in [-0.1, -0.05) is 48.5 Å². The van der Waals surface area contributed by atoms with Crippen LogP contribution in [0.25, 0.3) is 11.1 Å². The topological polar surface area (TPSA) is 76.7 Å². The lowest BCUT2D eigenvalue weighted by Crippen LogP contribution is -2.38. The second-order valence-electron chi connectivity index (χ2n) is 7.32. The zero-order valence-electron chi connectivity index (χ0n) is 17.3. The summed E-state index contributed by atoms with van der Waals surface area (Å²) in [6.07, 6.45) is 0. The summed E-state index contributed by atoms with van der Waals surface area (Å²) in [6, 6.07) is 22.6. The van der Waals surface area contributed by atoms with Crippen molar-refractivity contribution in [2.45, 2.75) is 13.0 Å². The largest absolute Gasteiger partial charge is 0.486 e. The van der Waals surface area contributed by atoms with Crippen molar-refractivity contribution in [2.24, 2.45) is 0 Å². The molecular weight excluding hydrogens is 392 g/mol. The molecule has 1 atom stereocenters. The first-order chi connectivity index (χ1) is 15.1. The summed E-state index contributed by atoms with van der Waals surface area (Å²) in [5.41, 5.74) is 3.53. The maximum absolute atomic E-state index is 12.4. The van der Waals surface area contributed by atoms with E-state index in [0.717, 1.165) is 16.7 Å². The third-order valence-electron chi connectivity index (χ3n) is 5.11. The number of carbonyl (C=O) groups excluding carboxylic acids is 2. The third kappa shape index (κ3) is 5.04. The van der Waals surface area contributed by atoms with E-state index in [1.54, 1.807) is 12.1 Å². The van der Waals surface area contributed by atoms with Crippen molar-refractivity contribution in [3.8, 4) is 22.6 Å². The average Bonchev–Trinajstić information content (AvgIpc) is 2.83. The van der Waals surface area contributed by atoms with E-state index in [1.165, 1.54) is 0 Å². The van der Waals surface area contributed by atoms with Crippen LogP contribution in [0.2, 0.25) is 0 Å².